The van der Waals surface area contributed by atoms with Gasteiger partial charge in [0.05, 0.1) is 6.07 Å². The first-order chi connectivity index (χ1) is 4.12. The van der Waals surface area contributed by atoms with E-state index >= 15 is 0 Å². The maximum atomic E-state index is 11.0. The van der Waals surface area contributed by atoms with Crippen LogP contribution in [-0.4, -0.2) is 22.8 Å². The van der Waals surface area contributed by atoms with Crippen molar-refractivity contribution in [2.24, 2.45) is 4.36 Å². The van der Waals surface area contributed by atoms with E-state index in [9.17, 15) is 4.21 Å². The minimum atomic E-state index is -2.03. The van der Waals surface area contributed by atoms with Gasteiger partial charge in [-0.3, -0.25) is 4.21 Å². The maximum absolute atomic E-state index is 11.0. The monoisotopic (exact) mass is 146 g/mol. The minimum absolute atomic E-state index is 0.0448. The largest absolute Gasteiger partial charge is 0.250 e. The fraction of sp³-hybridized carbons (Fsp3) is 0.800. The van der Waals surface area contributed by atoms with Crippen molar-refractivity contribution in [3.63, 3.8) is 0 Å². The highest BCUT2D eigenvalue weighted by atomic mass is 32.2. The average Bonchev–Trinajstić information content (AvgIpc) is 1.84. The molecule has 0 aliphatic rings. The van der Waals surface area contributed by atoms with Crippen LogP contribution in [0.1, 0.15) is 6.92 Å². The molecule has 0 N–H and O–H groups in total. The molecule has 0 aliphatic carbocycles. The zero-order valence-electron chi connectivity index (χ0n) is 5.63. The Morgan fingerprint density at radius 2 is 2.33 bits per heavy atom. The van der Waals surface area contributed by atoms with Crippen LogP contribution in [0.3, 0.4) is 0 Å². The van der Waals surface area contributed by atoms with Gasteiger partial charge in [0.25, 0.3) is 0 Å². The van der Waals surface area contributed by atoms with E-state index in [1.165, 1.54) is 0 Å². The molecular formula is C5H10N2OS. The van der Waals surface area contributed by atoms with Gasteiger partial charge in [-0.2, -0.15) is 5.26 Å². The van der Waals surface area contributed by atoms with Crippen LogP contribution in [0.5, 0.6) is 0 Å². The van der Waals surface area contributed by atoms with E-state index in [0.717, 1.165) is 0 Å². The number of nitrogens with zero attached hydrogens (tertiary/aromatic N) is 2. The molecule has 0 saturated carbocycles. The predicted octanol–water partition coefficient (Wildman–Crippen LogP) is 0.628. The van der Waals surface area contributed by atoms with E-state index in [4.69, 9.17) is 5.26 Å². The van der Waals surface area contributed by atoms with Crippen LogP contribution >= 0.6 is 0 Å². The molecule has 0 aliphatic heterocycles. The highest BCUT2D eigenvalue weighted by Crippen LogP contribution is 1.87. The first-order valence-corrected chi connectivity index (χ1v) is 4.74. The van der Waals surface area contributed by atoms with Gasteiger partial charge in [-0.25, -0.2) is 4.36 Å². The van der Waals surface area contributed by atoms with Crippen LogP contribution < -0.4 is 0 Å². The molecule has 52 valence electrons. The lowest BCUT2D eigenvalue weighted by atomic mass is 10.8. The summed E-state index contributed by atoms with van der Waals surface area (Å²) in [5.74, 6) is 0.522. The molecule has 4 heteroatoms. The van der Waals surface area contributed by atoms with E-state index < -0.39 is 9.73 Å². The molecule has 0 rings (SSSR count). The topological polar surface area (TPSA) is 53.2 Å². The minimum Gasteiger partial charge on any atom is -0.250 e. The molecule has 9 heavy (non-hydrogen) atoms. The fourth-order valence-corrected chi connectivity index (χ4v) is 0.770. The molecule has 0 spiro atoms. The molecule has 0 unspecified atom stereocenters. The molecule has 1 atom stereocenters. The van der Waals surface area contributed by atoms with Crippen molar-refractivity contribution in [1.29, 1.82) is 5.26 Å². The van der Waals surface area contributed by atoms with Crippen LogP contribution in [-0.2, 0) is 9.73 Å². The Hall–Kier alpha value is -0.560. The molecular weight excluding hydrogens is 136 g/mol. The maximum Gasteiger partial charge on any atom is 0.135 e. The van der Waals surface area contributed by atoms with Gasteiger partial charge in [-0.05, 0) is 0 Å². The molecule has 0 saturated heterocycles. The third-order valence-corrected chi connectivity index (χ3v) is 2.69. The summed E-state index contributed by atoms with van der Waals surface area (Å²) in [5.41, 5.74) is 0. The van der Waals surface area contributed by atoms with Crippen LogP contribution in [0.15, 0.2) is 4.36 Å². The summed E-state index contributed by atoms with van der Waals surface area (Å²) in [6, 6.07) is 1.81. The SMILES string of the molecule is CC[S@](C)(=O)=NCC#N. The lowest BCUT2D eigenvalue weighted by molar-refractivity contribution is 0.680. The number of rotatable bonds is 2. The molecule has 0 amide bonds. The first-order valence-electron chi connectivity index (χ1n) is 2.65. The second-order valence-electron chi connectivity index (χ2n) is 1.69. The molecule has 0 aromatic carbocycles. The summed E-state index contributed by atoms with van der Waals surface area (Å²) >= 11 is 0. The molecule has 3 nitrogen and oxygen atoms in total. The number of hydrogen-bond acceptors (Lipinski definition) is 3. The van der Waals surface area contributed by atoms with Gasteiger partial charge >= 0.3 is 0 Å². The molecule has 0 radical (unpaired) electrons. The van der Waals surface area contributed by atoms with Crippen LogP contribution in [0.2, 0.25) is 0 Å². The smallest absolute Gasteiger partial charge is 0.135 e. The van der Waals surface area contributed by atoms with Gasteiger partial charge in [0, 0.05) is 21.7 Å². The molecule has 0 bridgehead atoms. The molecule has 0 heterocycles. The summed E-state index contributed by atoms with van der Waals surface area (Å²) in [4.78, 5) is 0. The van der Waals surface area contributed by atoms with E-state index in [2.05, 4.69) is 4.36 Å². The summed E-state index contributed by atoms with van der Waals surface area (Å²) in [5, 5.41) is 8.06. The summed E-state index contributed by atoms with van der Waals surface area (Å²) < 4.78 is 14.7. The normalized spacial score (nSPS) is 15.7. The second kappa shape index (κ2) is 3.46. The van der Waals surface area contributed by atoms with Gasteiger partial charge in [0.1, 0.15) is 6.54 Å². The van der Waals surface area contributed by atoms with E-state index in [1.807, 2.05) is 6.07 Å². The van der Waals surface area contributed by atoms with Crippen molar-refractivity contribution in [1.82, 2.24) is 0 Å². The molecule has 0 fully saturated rings. The molecule has 0 aromatic rings. The van der Waals surface area contributed by atoms with Crippen molar-refractivity contribution in [2.75, 3.05) is 18.6 Å². The standard InChI is InChI=1S/C5H10N2OS/c1-3-9(2,8)7-5-4-6/h3,5H2,1-2H3/t9-/m0/s1. The van der Waals surface area contributed by atoms with E-state index in [-0.39, 0.29) is 6.54 Å². The Balaban J connectivity index is 4.17. The van der Waals surface area contributed by atoms with Crippen molar-refractivity contribution < 1.29 is 4.21 Å². The van der Waals surface area contributed by atoms with E-state index in [0.29, 0.717) is 5.75 Å². The Morgan fingerprint density at radius 1 is 1.78 bits per heavy atom. The van der Waals surface area contributed by atoms with Crippen molar-refractivity contribution >= 4 is 9.73 Å². The lowest BCUT2D eigenvalue weighted by Crippen LogP contribution is -1.99. The van der Waals surface area contributed by atoms with Crippen molar-refractivity contribution in [3.05, 3.63) is 0 Å². The second-order valence-corrected chi connectivity index (χ2v) is 4.45. The summed E-state index contributed by atoms with van der Waals surface area (Å²) in [6.07, 6.45) is 1.56. The van der Waals surface area contributed by atoms with Crippen LogP contribution in [0, 0.1) is 11.3 Å². The highest BCUT2D eigenvalue weighted by Gasteiger charge is 1.92. The third kappa shape index (κ3) is 3.98. The fourth-order valence-electron chi connectivity index (χ4n) is 0.257. The van der Waals surface area contributed by atoms with Gasteiger partial charge in [0.15, 0.2) is 0 Å². The summed E-state index contributed by atoms with van der Waals surface area (Å²) in [7, 11) is -2.03. The Labute approximate surface area is 55.9 Å². The van der Waals surface area contributed by atoms with Gasteiger partial charge < -0.3 is 0 Å². The Morgan fingerprint density at radius 3 is 2.67 bits per heavy atom. The van der Waals surface area contributed by atoms with Gasteiger partial charge in [0.2, 0.25) is 0 Å². The Bertz CT molecular complexity index is 220. The Kier molecular flexibility index (Phi) is 3.25. The lowest BCUT2D eigenvalue weighted by Gasteiger charge is -1.93. The molecule has 0 aromatic heterocycles. The average molecular weight is 146 g/mol. The number of hydrogen-bond donors (Lipinski definition) is 0. The third-order valence-electron chi connectivity index (χ3n) is 0.944. The zero-order chi connectivity index (χ0) is 7.33. The number of nitriles is 1. The van der Waals surface area contributed by atoms with Crippen LogP contribution in [0.25, 0.3) is 0 Å². The van der Waals surface area contributed by atoms with Crippen LogP contribution in [0.4, 0.5) is 0 Å². The predicted molar refractivity (Wildman–Crippen MR) is 37.5 cm³/mol. The van der Waals surface area contributed by atoms with Gasteiger partial charge in [-0.15, -0.1) is 0 Å². The highest BCUT2D eigenvalue weighted by molar-refractivity contribution is 7.92. The van der Waals surface area contributed by atoms with Crippen molar-refractivity contribution in [2.45, 2.75) is 6.92 Å². The first kappa shape index (κ1) is 8.44. The zero-order valence-corrected chi connectivity index (χ0v) is 6.44. The quantitative estimate of drug-likeness (QED) is 0.536. The van der Waals surface area contributed by atoms with E-state index in [1.54, 1.807) is 13.2 Å². The van der Waals surface area contributed by atoms with Crippen molar-refractivity contribution in [3.8, 4) is 6.07 Å². The summed E-state index contributed by atoms with van der Waals surface area (Å²) in [6.45, 7) is 1.84. The van der Waals surface area contributed by atoms with Gasteiger partial charge in [-0.1, -0.05) is 6.92 Å².